The first kappa shape index (κ1) is 16.4. The highest BCUT2D eigenvalue weighted by Gasteiger charge is 2.40. The Labute approximate surface area is 145 Å². The van der Waals surface area contributed by atoms with Crippen LogP contribution in [-0.2, 0) is 9.53 Å². The fourth-order valence-electron chi connectivity index (χ4n) is 2.68. The molecule has 1 heterocycles. The zero-order valence-electron chi connectivity index (χ0n) is 13.3. The monoisotopic (exact) mass is 341 g/mol. The van der Waals surface area contributed by atoms with Crippen molar-refractivity contribution in [3.05, 3.63) is 76.3 Å². The number of ketones is 1. The normalized spacial score (nSPS) is 17.3. The highest BCUT2D eigenvalue weighted by atomic mass is 35.5. The van der Waals surface area contributed by atoms with E-state index in [4.69, 9.17) is 16.3 Å². The lowest BCUT2D eigenvalue weighted by atomic mass is 9.94. The molecule has 24 heavy (non-hydrogen) atoms. The molecule has 1 aliphatic rings. The van der Waals surface area contributed by atoms with Gasteiger partial charge in [0.15, 0.2) is 12.0 Å². The van der Waals surface area contributed by atoms with Crippen LogP contribution in [0.5, 0.6) is 0 Å². The SMILES string of the molecule is CN(C)C1OC(=O)C(c2ccccc2)=C1C(=O)c1ccc(Cl)cc1. The topological polar surface area (TPSA) is 46.6 Å². The van der Waals surface area contributed by atoms with E-state index in [1.165, 1.54) is 0 Å². The fraction of sp³-hybridized carbons (Fsp3) is 0.158. The first-order valence-corrected chi connectivity index (χ1v) is 7.84. The van der Waals surface area contributed by atoms with Crippen LogP contribution in [-0.4, -0.2) is 37.0 Å². The Bertz CT molecular complexity index is 810. The van der Waals surface area contributed by atoms with Gasteiger partial charge in [-0.25, -0.2) is 4.79 Å². The second-order valence-electron chi connectivity index (χ2n) is 5.71. The van der Waals surface area contributed by atoms with Crippen molar-refractivity contribution in [2.75, 3.05) is 14.1 Å². The molecule has 1 aliphatic heterocycles. The number of hydrogen-bond acceptors (Lipinski definition) is 4. The molecule has 2 aromatic carbocycles. The minimum absolute atomic E-state index is 0.241. The molecule has 0 saturated heterocycles. The van der Waals surface area contributed by atoms with E-state index in [-0.39, 0.29) is 5.78 Å². The van der Waals surface area contributed by atoms with Gasteiger partial charge in [-0.2, -0.15) is 0 Å². The van der Waals surface area contributed by atoms with Gasteiger partial charge in [0, 0.05) is 10.6 Å². The molecule has 0 spiro atoms. The van der Waals surface area contributed by atoms with E-state index in [9.17, 15) is 9.59 Å². The molecule has 0 fully saturated rings. The van der Waals surface area contributed by atoms with Crippen molar-refractivity contribution in [3.63, 3.8) is 0 Å². The minimum atomic E-state index is -0.712. The Morgan fingerprint density at radius 3 is 2.25 bits per heavy atom. The Balaban J connectivity index is 2.16. The van der Waals surface area contributed by atoms with Gasteiger partial charge >= 0.3 is 5.97 Å². The molecule has 3 rings (SSSR count). The number of carbonyl (C=O) groups is 2. The van der Waals surface area contributed by atoms with Crippen LogP contribution in [0.3, 0.4) is 0 Å². The Hall–Kier alpha value is -2.43. The predicted octanol–water partition coefficient (Wildman–Crippen LogP) is 3.42. The number of benzene rings is 2. The lowest BCUT2D eigenvalue weighted by Gasteiger charge is -2.20. The number of ether oxygens (including phenoxy) is 1. The van der Waals surface area contributed by atoms with Gasteiger partial charge in [-0.1, -0.05) is 41.9 Å². The summed E-state index contributed by atoms with van der Waals surface area (Å²) in [5, 5.41) is 0.548. The van der Waals surface area contributed by atoms with Gasteiger partial charge in [0.25, 0.3) is 0 Å². The van der Waals surface area contributed by atoms with E-state index in [1.54, 1.807) is 55.4 Å². The van der Waals surface area contributed by atoms with Crippen molar-refractivity contribution in [1.82, 2.24) is 4.90 Å². The number of nitrogens with zero attached hydrogens (tertiary/aromatic N) is 1. The van der Waals surface area contributed by atoms with E-state index in [0.29, 0.717) is 27.3 Å². The smallest absolute Gasteiger partial charge is 0.341 e. The molecule has 0 radical (unpaired) electrons. The molecule has 4 nitrogen and oxygen atoms in total. The van der Waals surface area contributed by atoms with Gasteiger partial charge < -0.3 is 4.74 Å². The van der Waals surface area contributed by atoms with E-state index < -0.39 is 12.2 Å². The molecule has 0 bridgehead atoms. The summed E-state index contributed by atoms with van der Waals surface area (Å²) in [5.74, 6) is -0.729. The number of likely N-dealkylation sites (N-methyl/N-ethyl adjacent to an activating group) is 1. The predicted molar refractivity (Wildman–Crippen MR) is 92.7 cm³/mol. The van der Waals surface area contributed by atoms with Gasteiger partial charge in [0.2, 0.25) is 0 Å². The molecule has 0 amide bonds. The summed E-state index contributed by atoms with van der Waals surface area (Å²) < 4.78 is 5.43. The lowest BCUT2D eigenvalue weighted by molar-refractivity contribution is -0.143. The third kappa shape index (κ3) is 2.98. The molecule has 0 aromatic heterocycles. The van der Waals surface area contributed by atoms with Crippen LogP contribution in [0.15, 0.2) is 60.2 Å². The summed E-state index contributed by atoms with van der Waals surface area (Å²) in [6.45, 7) is 0. The van der Waals surface area contributed by atoms with Gasteiger partial charge in [0.05, 0.1) is 11.1 Å². The van der Waals surface area contributed by atoms with Crippen molar-refractivity contribution in [2.24, 2.45) is 0 Å². The molecule has 0 N–H and O–H groups in total. The third-order valence-electron chi connectivity index (χ3n) is 3.82. The van der Waals surface area contributed by atoms with Crippen molar-refractivity contribution in [1.29, 1.82) is 0 Å². The average Bonchev–Trinajstić information content (AvgIpc) is 2.93. The molecule has 0 saturated carbocycles. The number of hydrogen-bond donors (Lipinski definition) is 0. The van der Waals surface area contributed by atoms with Crippen LogP contribution in [0, 0.1) is 0 Å². The zero-order chi connectivity index (χ0) is 17.3. The van der Waals surface area contributed by atoms with Crippen molar-refractivity contribution in [3.8, 4) is 0 Å². The Morgan fingerprint density at radius 1 is 1.04 bits per heavy atom. The highest BCUT2D eigenvalue weighted by molar-refractivity contribution is 6.31. The first-order valence-electron chi connectivity index (χ1n) is 7.46. The number of cyclic esters (lactones) is 1. The molecule has 1 unspecified atom stereocenters. The summed E-state index contributed by atoms with van der Waals surface area (Å²) >= 11 is 5.89. The molecular formula is C19H16ClNO3. The third-order valence-corrected chi connectivity index (χ3v) is 4.07. The van der Waals surface area contributed by atoms with E-state index in [2.05, 4.69) is 0 Å². The Morgan fingerprint density at radius 2 is 1.67 bits per heavy atom. The van der Waals surface area contributed by atoms with Crippen LogP contribution in [0.2, 0.25) is 5.02 Å². The van der Waals surface area contributed by atoms with Crippen LogP contribution < -0.4 is 0 Å². The first-order chi connectivity index (χ1) is 11.5. The van der Waals surface area contributed by atoms with Gasteiger partial charge in [-0.15, -0.1) is 0 Å². The van der Waals surface area contributed by atoms with Crippen molar-refractivity contribution in [2.45, 2.75) is 6.23 Å². The standard InChI is InChI=1S/C19H16ClNO3/c1-21(2)18-16(17(22)13-8-10-14(20)11-9-13)15(19(23)24-18)12-6-4-3-5-7-12/h3-11,18H,1-2H3. The van der Waals surface area contributed by atoms with E-state index in [0.717, 1.165) is 0 Å². The number of halogens is 1. The molecule has 1 atom stereocenters. The van der Waals surface area contributed by atoms with Crippen LogP contribution in [0.25, 0.3) is 5.57 Å². The summed E-state index contributed by atoms with van der Waals surface area (Å²) in [6, 6.07) is 15.7. The van der Waals surface area contributed by atoms with Crippen LogP contribution in [0.4, 0.5) is 0 Å². The highest BCUT2D eigenvalue weighted by Crippen LogP contribution is 2.33. The summed E-state index contributed by atoms with van der Waals surface area (Å²) in [7, 11) is 3.53. The number of esters is 1. The number of carbonyl (C=O) groups excluding carboxylic acids is 2. The van der Waals surface area contributed by atoms with Gasteiger partial charge in [-0.05, 0) is 43.9 Å². The quantitative estimate of drug-likeness (QED) is 0.631. The second-order valence-corrected chi connectivity index (χ2v) is 6.15. The van der Waals surface area contributed by atoms with Crippen molar-refractivity contribution >= 4 is 28.9 Å². The molecule has 5 heteroatoms. The zero-order valence-corrected chi connectivity index (χ0v) is 14.1. The lowest BCUT2D eigenvalue weighted by Crippen LogP contribution is -2.32. The summed E-state index contributed by atoms with van der Waals surface area (Å²) in [5.41, 5.74) is 1.80. The van der Waals surface area contributed by atoms with E-state index >= 15 is 0 Å². The molecule has 0 aliphatic carbocycles. The Kier molecular flexibility index (Phi) is 4.51. The summed E-state index contributed by atoms with van der Waals surface area (Å²) in [4.78, 5) is 27.2. The molecular weight excluding hydrogens is 326 g/mol. The van der Waals surface area contributed by atoms with Gasteiger partial charge in [-0.3, -0.25) is 9.69 Å². The maximum atomic E-state index is 13.0. The maximum Gasteiger partial charge on any atom is 0.341 e. The second kappa shape index (κ2) is 6.59. The fourth-order valence-corrected chi connectivity index (χ4v) is 2.80. The number of Topliss-reactive ketones (excluding diaryl/α,β-unsaturated/α-hetero) is 1. The number of rotatable bonds is 4. The maximum absolute atomic E-state index is 13.0. The van der Waals surface area contributed by atoms with Gasteiger partial charge in [0.1, 0.15) is 0 Å². The molecule has 2 aromatic rings. The van der Waals surface area contributed by atoms with Crippen LogP contribution >= 0.6 is 11.6 Å². The summed E-state index contributed by atoms with van der Waals surface area (Å²) in [6.07, 6.45) is -0.712. The van der Waals surface area contributed by atoms with Crippen LogP contribution in [0.1, 0.15) is 15.9 Å². The van der Waals surface area contributed by atoms with E-state index in [1.807, 2.05) is 18.2 Å². The molecule has 122 valence electrons. The largest absolute Gasteiger partial charge is 0.438 e. The average molecular weight is 342 g/mol. The minimum Gasteiger partial charge on any atom is -0.438 e. The van der Waals surface area contributed by atoms with Crippen molar-refractivity contribution < 1.29 is 14.3 Å².